The number of halogens is 2. The lowest BCUT2D eigenvalue weighted by Crippen LogP contribution is -1.94. The van der Waals surface area contributed by atoms with Crippen molar-refractivity contribution in [3.63, 3.8) is 0 Å². The first-order chi connectivity index (χ1) is 8.68. The molecule has 0 spiro atoms. The van der Waals surface area contributed by atoms with Gasteiger partial charge in [0, 0.05) is 10.8 Å². The fourth-order valence-corrected chi connectivity index (χ4v) is 2.49. The summed E-state index contributed by atoms with van der Waals surface area (Å²) < 4.78 is 0. The predicted octanol–water partition coefficient (Wildman–Crippen LogP) is 4.42. The highest BCUT2D eigenvalue weighted by Crippen LogP contribution is 2.31. The largest absolute Gasteiger partial charge is 0.276 e. The fraction of sp³-hybridized carbons (Fsp3) is 0. The SMILES string of the molecule is O=C(Cl)c1cccc2c(Cl)c3ccccc3nc12. The van der Waals surface area contributed by atoms with Crippen molar-refractivity contribution in [2.24, 2.45) is 0 Å². The quantitative estimate of drug-likeness (QED) is 0.486. The first-order valence-corrected chi connectivity index (χ1v) is 6.11. The van der Waals surface area contributed by atoms with Crippen molar-refractivity contribution in [1.82, 2.24) is 4.98 Å². The summed E-state index contributed by atoms with van der Waals surface area (Å²) >= 11 is 11.9. The van der Waals surface area contributed by atoms with Gasteiger partial charge in [-0.1, -0.05) is 41.9 Å². The topological polar surface area (TPSA) is 30.0 Å². The maximum absolute atomic E-state index is 11.4. The number of hydrogen-bond acceptors (Lipinski definition) is 2. The first kappa shape index (κ1) is 11.5. The number of carbonyl (C=O) groups is 1. The Balaban J connectivity index is 2.55. The van der Waals surface area contributed by atoms with Crippen LogP contribution in [0.1, 0.15) is 10.4 Å². The standard InChI is InChI=1S/C14H7Cl2NO/c15-12-8-4-1-2-7-11(8)17-13-9(12)5-3-6-10(13)14(16)18/h1-7H. The van der Waals surface area contributed by atoms with Gasteiger partial charge in [0.2, 0.25) is 0 Å². The number of rotatable bonds is 1. The number of carbonyl (C=O) groups excluding carboxylic acids is 1. The molecule has 4 heteroatoms. The van der Waals surface area contributed by atoms with Crippen LogP contribution in [0.25, 0.3) is 21.8 Å². The van der Waals surface area contributed by atoms with Crippen LogP contribution in [0.15, 0.2) is 42.5 Å². The van der Waals surface area contributed by atoms with Crippen LogP contribution in [-0.4, -0.2) is 10.2 Å². The lowest BCUT2D eigenvalue weighted by molar-refractivity contribution is 0.108. The van der Waals surface area contributed by atoms with Crippen molar-refractivity contribution >= 4 is 50.3 Å². The van der Waals surface area contributed by atoms with Crippen molar-refractivity contribution in [2.45, 2.75) is 0 Å². The van der Waals surface area contributed by atoms with E-state index in [0.29, 0.717) is 16.1 Å². The van der Waals surface area contributed by atoms with Crippen molar-refractivity contribution in [2.75, 3.05) is 0 Å². The number of para-hydroxylation sites is 2. The average Bonchev–Trinajstić information content (AvgIpc) is 2.38. The van der Waals surface area contributed by atoms with Gasteiger partial charge in [0.1, 0.15) is 0 Å². The molecule has 0 aliphatic carbocycles. The summed E-state index contributed by atoms with van der Waals surface area (Å²) in [4.78, 5) is 15.9. The summed E-state index contributed by atoms with van der Waals surface area (Å²) in [5.41, 5.74) is 1.67. The highest BCUT2D eigenvalue weighted by Gasteiger charge is 2.13. The van der Waals surface area contributed by atoms with Crippen molar-refractivity contribution < 1.29 is 4.79 Å². The van der Waals surface area contributed by atoms with Gasteiger partial charge >= 0.3 is 0 Å². The lowest BCUT2D eigenvalue weighted by atomic mass is 10.1. The van der Waals surface area contributed by atoms with Crippen molar-refractivity contribution in [3.05, 3.63) is 53.1 Å². The molecule has 0 bridgehead atoms. The van der Waals surface area contributed by atoms with Crippen LogP contribution in [0.3, 0.4) is 0 Å². The van der Waals surface area contributed by atoms with Crippen LogP contribution in [0.4, 0.5) is 0 Å². The molecule has 0 fully saturated rings. The second-order valence-corrected chi connectivity index (χ2v) is 4.64. The molecule has 1 aromatic heterocycles. The van der Waals surface area contributed by atoms with Crippen molar-refractivity contribution in [3.8, 4) is 0 Å². The molecule has 0 unspecified atom stereocenters. The van der Waals surface area contributed by atoms with Gasteiger partial charge < -0.3 is 0 Å². The van der Waals surface area contributed by atoms with Gasteiger partial charge in [-0.15, -0.1) is 0 Å². The monoisotopic (exact) mass is 275 g/mol. The molecule has 0 saturated carbocycles. The number of aromatic nitrogens is 1. The Morgan fingerprint density at radius 2 is 1.72 bits per heavy atom. The molecule has 3 aromatic rings. The minimum Gasteiger partial charge on any atom is -0.276 e. The maximum atomic E-state index is 11.4. The van der Waals surface area contributed by atoms with E-state index < -0.39 is 5.24 Å². The van der Waals surface area contributed by atoms with Gasteiger partial charge in [-0.05, 0) is 23.7 Å². The first-order valence-electron chi connectivity index (χ1n) is 5.35. The Morgan fingerprint density at radius 3 is 2.50 bits per heavy atom. The second kappa shape index (κ2) is 4.23. The van der Waals surface area contributed by atoms with Gasteiger partial charge in [-0.2, -0.15) is 0 Å². The summed E-state index contributed by atoms with van der Waals surface area (Å²) in [5, 5.41) is 1.67. The molecule has 0 saturated heterocycles. The van der Waals surface area contributed by atoms with E-state index in [4.69, 9.17) is 23.2 Å². The Kier molecular flexibility index (Phi) is 2.69. The summed E-state index contributed by atoms with van der Waals surface area (Å²) in [6, 6.07) is 12.8. The molecule has 0 N–H and O–H groups in total. The molecule has 18 heavy (non-hydrogen) atoms. The zero-order valence-corrected chi connectivity index (χ0v) is 10.7. The van der Waals surface area contributed by atoms with E-state index in [1.54, 1.807) is 12.1 Å². The van der Waals surface area contributed by atoms with Crippen LogP contribution >= 0.6 is 23.2 Å². The molecular weight excluding hydrogens is 269 g/mol. The molecule has 0 aliphatic rings. The molecule has 88 valence electrons. The summed E-state index contributed by atoms with van der Waals surface area (Å²) in [6.45, 7) is 0. The average molecular weight is 276 g/mol. The number of hydrogen-bond donors (Lipinski definition) is 0. The Hall–Kier alpha value is -1.64. The van der Waals surface area contributed by atoms with Crippen molar-refractivity contribution in [1.29, 1.82) is 0 Å². The summed E-state index contributed by atoms with van der Waals surface area (Å²) in [5.74, 6) is 0. The molecule has 0 aliphatic heterocycles. The highest BCUT2D eigenvalue weighted by atomic mass is 35.5. The number of fused-ring (bicyclic) bond motifs is 2. The molecule has 0 radical (unpaired) electrons. The Bertz CT molecular complexity index is 783. The van der Waals surface area contributed by atoms with Crippen LogP contribution in [0.5, 0.6) is 0 Å². The van der Waals surface area contributed by atoms with Gasteiger partial charge in [-0.25, -0.2) is 4.98 Å². The molecular formula is C14H7Cl2NO. The smallest absolute Gasteiger partial charge is 0.254 e. The fourth-order valence-electron chi connectivity index (χ4n) is 2.02. The van der Waals surface area contributed by atoms with Gasteiger partial charge in [-0.3, -0.25) is 4.79 Å². The van der Waals surface area contributed by atoms with E-state index in [2.05, 4.69) is 4.98 Å². The molecule has 3 rings (SSSR count). The predicted molar refractivity (Wildman–Crippen MR) is 74.4 cm³/mol. The minimum absolute atomic E-state index is 0.377. The third-order valence-corrected chi connectivity index (χ3v) is 3.47. The molecule has 0 atom stereocenters. The normalized spacial score (nSPS) is 11.0. The molecule has 0 amide bonds. The number of pyridine rings is 1. The maximum Gasteiger partial charge on any atom is 0.254 e. The zero-order chi connectivity index (χ0) is 12.7. The highest BCUT2D eigenvalue weighted by molar-refractivity contribution is 6.68. The zero-order valence-electron chi connectivity index (χ0n) is 9.15. The van der Waals surface area contributed by atoms with Crippen LogP contribution in [0, 0.1) is 0 Å². The third-order valence-electron chi connectivity index (χ3n) is 2.86. The Labute approximate surface area is 113 Å². The second-order valence-electron chi connectivity index (χ2n) is 3.92. The minimum atomic E-state index is -0.528. The number of benzene rings is 2. The van der Waals surface area contributed by atoms with Gasteiger partial charge in [0.15, 0.2) is 0 Å². The number of nitrogens with zero attached hydrogens (tertiary/aromatic N) is 1. The molecule has 1 heterocycles. The van der Waals surface area contributed by atoms with Crippen LogP contribution < -0.4 is 0 Å². The summed E-state index contributed by atoms with van der Waals surface area (Å²) in [6.07, 6.45) is 0. The van der Waals surface area contributed by atoms with Gasteiger partial charge in [0.05, 0.1) is 21.6 Å². The van der Waals surface area contributed by atoms with Crippen LogP contribution in [-0.2, 0) is 0 Å². The third kappa shape index (κ3) is 1.65. The lowest BCUT2D eigenvalue weighted by Gasteiger charge is -2.07. The van der Waals surface area contributed by atoms with Gasteiger partial charge in [0.25, 0.3) is 5.24 Å². The molecule has 2 nitrogen and oxygen atoms in total. The van der Waals surface area contributed by atoms with E-state index in [-0.39, 0.29) is 0 Å². The molecule has 2 aromatic carbocycles. The van der Waals surface area contributed by atoms with Crippen LogP contribution in [0.2, 0.25) is 5.02 Å². The summed E-state index contributed by atoms with van der Waals surface area (Å²) in [7, 11) is 0. The van der Waals surface area contributed by atoms with E-state index in [9.17, 15) is 4.79 Å². The van der Waals surface area contributed by atoms with E-state index >= 15 is 0 Å². The Morgan fingerprint density at radius 1 is 1.00 bits per heavy atom. The van der Waals surface area contributed by atoms with E-state index in [0.717, 1.165) is 16.3 Å². The van der Waals surface area contributed by atoms with E-state index in [1.807, 2.05) is 30.3 Å². The van der Waals surface area contributed by atoms with E-state index in [1.165, 1.54) is 0 Å².